The van der Waals surface area contributed by atoms with Gasteiger partial charge in [0.1, 0.15) is 16.0 Å². The molecule has 16 heavy (non-hydrogen) atoms. The number of ether oxygens (including phenoxy) is 1. The monoisotopic (exact) mass is 276 g/mol. The summed E-state index contributed by atoms with van der Waals surface area (Å²) in [6.07, 6.45) is 1.25. The van der Waals surface area contributed by atoms with Crippen LogP contribution in [0, 0.1) is 11.3 Å². The largest absolute Gasteiger partial charge is 0.462 e. The van der Waals surface area contributed by atoms with E-state index in [9.17, 15) is 4.79 Å². The van der Waals surface area contributed by atoms with E-state index >= 15 is 0 Å². The maximum atomic E-state index is 11.3. The van der Waals surface area contributed by atoms with Gasteiger partial charge in [-0.05, 0) is 24.5 Å². The molecule has 0 fully saturated rings. The van der Waals surface area contributed by atoms with Crippen molar-refractivity contribution in [3.05, 3.63) is 20.6 Å². The highest BCUT2D eigenvalue weighted by molar-refractivity contribution is 7.11. The number of rotatable bonds is 3. The molecule has 0 atom stereocenters. The smallest absolute Gasteiger partial charge is 0.348 e. The summed E-state index contributed by atoms with van der Waals surface area (Å²) < 4.78 is 8.89. The lowest BCUT2D eigenvalue weighted by Crippen LogP contribution is -2.06. The van der Waals surface area contributed by atoms with Crippen molar-refractivity contribution in [2.24, 2.45) is 0 Å². The van der Waals surface area contributed by atoms with Crippen LogP contribution in [0.4, 0.5) is 0 Å². The lowest BCUT2D eigenvalue weighted by Gasteiger charge is -1.98. The summed E-state index contributed by atoms with van der Waals surface area (Å²) in [7, 11) is 0. The van der Waals surface area contributed by atoms with Gasteiger partial charge in [-0.15, -0.1) is 0 Å². The van der Waals surface area contributed by atoms with Crippen molar-refractivity contribution in [2.45, 2.75) is 6.92 Å². The average molecular weight is 277 g/mol. The van der Waals surface area contributed by atoms with Crippen molar-refractivity contribution in [2.75, 3.05) is 6.61 Å². The summed E-state index contributed by atoms with van der Waals surface area (Å²) in [6, 6.07) is 1.72. The molecule has 0 unspecified atom stereocenters. The van der Waals surface area contributed by atoms with Gasteiger partial charge in [-0.2, -0.15) is 9.64 Å². The van der Waals surface area contributed by atoms with E-state index in [4.69, 9.17) is 28.5 Å². The van der Waals surface area contributed by atoms with Gasteiger partial charge in [0, 0.05) is 0 Å². The number of carbonyl (C=O) groups excluding carboxylic acids is 1. The molecule has 1 heterocycles. The fourth-order valence-electron chi connectivity index (χ4n) is 0.842. The Balaban J connectivity index is 3.02. The van der Waals surface area contributed by atoms with Crippen LogP contribution in [0.3, 0.4) is 0 Å². The van der Waals surface area contributed by atoms with Gasteiger partial charge >= 0.3 is 5.97 Å². The molecule has 0 spiro atoms. The second-order valence-corrected chi connectivity index (χ2v) is 4.30. The van der Waals surface area contributed by atoms with Gasteiger partial charge in [0.15, 0.2) is 0 Å². The van der Waals surface area contributed by atoms with Crippen molar-refractivity contribution < 1.29 is 9.53 Å². The molecule has 1 rings (SSSR count). The predicted octanol–water partition coefficient (Wildman–Crippen LogP) is 2.92. The zero-order valence-electron chi connectivity index (χ0n) is 8.16. The molecule has 0 radical (unpaired) electrons. The van der Waals surface area contributed by atoms with Gasteiger partial charge in [0.05, 0.1) is 17.3 Å². The van der Waals surface area contributed by atoms with Crippen LogP contribution in [0.5, 0.6) is 0 Å². The molecule has 0 N–H and O–H groups in total. The highest BCUT2D eigenvalue weighted by Crippen LogP contribution is 2.30. The molecular formula is C9H6Cl2N2O2S. The first kappa shape index (κ1) is 13.0. The SMILES string of the molecule is CCOC(=O)/C(C#N)=C/c1nsc(Cl)c1Cl. The Labute approximate surface area is 106 Å². The average Bonchev–Trinajstić information content (AvgIpc) is 2.57. The molecular weight excluding hydrogens is 271 g/mol. The summed E-state index contributed by atoms with van der Waals surface area (Å²) in [5, 5.41) is 8.99. The third kappa shape index (κ3) is 2.95. The van der Waals surface area contributed by atoms with Crippen LogP contribution in [0.1, 0.15) is 12.6 Å². The van der Waals surface area contributed by atoms with Gasteiger partial charge in [-0.1, -0.05) is 23.2 Å². The Kier molecular flexibility index (Phi) is 4.74. The van der Waals surface area contributed by atoms with Crippen LogP contribution >= 0.6 is 34.7 Å². The normalized spacial score (nSPS) is 11.0. The molecule has 84 valence electrons. The van der Waals surface area contributed by atoms with E-state index in [2.05, 4.69) is 9.11 Å². The van der Waals surface area contributed by atoms with Crippen LogP contribution in [0.2, 0.25) is 9.36 Å². The standard InChI is InChI=1S/C9H6Cl2N2O2S/c1-2-15-9(14)5(4-12)3-6-7(10)8(11)16-13-6/h3H,2H2,1H3/b5-3+. The van der Waals surface area contributed by atoms with Gasteiger partial charge < -0.3 is 4.74 Å². The van der Waals surface area contributed by atoms with E-state index in [-0.39, 0.29) is 17.2 Å². The number of aromatic nitrogens is 1. The molecule has 0 saturated heterocycles. The number of hydrogen-bond donors (Lipinski definition) is 0. The van der Waals surface area contributed by atoms with Gasteiger partial charge in [0.25, 0.3) is 0 Å². The number of hydrogen-bond acceptors (Lipinski definition) is 5. The van der Waals surface area contributed by atoms with E-state index in [1.54, 1.807) is 13.0 Å². The number of halogens is 2. The first-order valence-electron chi connectivity index (χ1n) is 4.19. The third-order valence-electron chi connectivity index (χ3n) is 1.52. The molecule has 0 aliphatic carbocycles. The molecule has 0 amide bonds. The van der Waals surface area contributed by atoms with Gasteiger partial charge in [-0.3, -0.25) is 0 Å². The minimum atomic E-state index is -0.704. The van der Waals surface area contributed by atoms with E-state index in [1.165, 1.54) is 6.08 Å². The Morgan fingerprint density at radius 2 is 2.38 bits per heavy atom. The van der Waals surface area contributed by atoms with Crippen LogP contribution in [-0.2, 0) is 9.53 Å². The minimum Gasteiger partial charge on any atom is -0.462 e. The molecule has 1 aromatic rings. The third-order valence-corrected chi connectivity index (χ3v) is 3.16. The molecule has 0 saturated carbocycles. The van der Waals surface area contributed by atoms with Gasteiger partial charge in [0.2, 0.25) is 0 Å². The quantitative estimate of drug-likeness (QED) is 0.484. The Hall–Kier alpha value is -1.09. The second-order valence-electron chi connectivity index (χ2n) is 2.55. The molecule has 0 aliphatic heterocycles. The Bertz CT molecular complexity index is 476. The Morgan fingerprint density at radius 1 is 1.69 bits per heavy atom. The van der Waals surface area contributed by atoms with Crippen LogP contribution in [-0.4, -0.2) is 16.9 Å². The zero-order chi connectivity index (χ0) is 12.1. The summed E-state index contributed by atoms with van der Waals surface area (Å²) in [4.78, 5) is 11.3. The van der Waals surface area contributed by atoms with Crippen molar-refractivity contribution >= 4 is 46.8 Å². The van der Waals surface area contributed by atoms with Gasteiger partial charge in [-0.25, -0.2) is 4.79 Å². The minimum absolute atomic E-state index is 0.161. The lowest BCUT2D eigenvalue weighted by molar-refractivity contribution is -0.137. The molecule has 0 aromatic carbocycles. The molecule has 4 nitrogen and oxygen atoms in total. The van der Waals surface area contributed by atoms with Crippen molar-refractivity contribution in [3.63, 3.8) is 0 Å². The van der Waals surface area contributed by atoms with Crippen molar-refractivity contribution in [1.82, 2.24) is 4.37 Å². The molecule has 0 bridgehead atoms. The fourth-order valence-corrected chi connectivity index (χ4v) is 1.80. The van der Waals surface area contributed by atoms with E-state index in [0.29, 0.717) is 10.0 Å². The Morgan fingerprint density at radius 3 is 2.81 bits per heavy atom. The summed E-state index contributed by atoms with van der Waals surface area (Å²) in [5.74, 6) is -0.704. The summed E-state index contributed by atoms with van der Waals surface area (Å²) in [5.41, 5.74) is 0.131. The summed E-state index contributed by atoms with van der Waals surface area (Å²) >= 11 is 12.5. The van der Waals surface area contributed by atoms with E-state index in [0.717, 1.165) is 11.5 Å². The highest BCUT2D eigenvalue weighted by atomic mass is 35.5. The number of nitriles is 1. The van der Waals surface area contributed by atoms with Crippen LogP contribution < -0.4 is 0 Å². The summed E-state index contributed by atoms with van der Waals surface area (Å²) in [6.45, 7) is 1.85. The maximum absolute atomic E-state index is 11.3. The zero-order valence-corrected chi connectivity index (χ0v) is 10.5. The van der Waals surface area contributed by atoms with Crippen LogP contribution in [0.15, 0.2) is 5.57 Å². The predicted molar refractivity (Wildman–Crippen MR) is 62.4 cm³/mol. The lowest BCUT2D eigenvalue weighted by atomic mass is 10.2. The van der Waals surface area contributed by atoms with Crippen LogP contribution in [0.25, 0.3) is 6.08 Å². The first-order valence-corrected chi connectivity index (χ1v) is 5.72. The topological polar surface area (TPSA) is 63.0 Å². The molecule has 7 heteroatoms. The van der Waals surface area contributed by atoms with E-state index < -0.39 is 5.97 Å². The fraction of sp³-hybridized carbons (Fsp3) is 0.222. The first-order chi connectivity index (χ1) is 7.60. The number of esters is 1. The maximum Gasteiger partial charge on any atom is 0.348 e. The number of nitrogens with zero attached hydrogens (tertiary/aromatic N) is 2. The second kappa shape index (κ2) is 5.85. The van der Waals surface area contributed by atoms with Crippen molar-refractivity contribution in [1.29, 1.82) is 5.26 Å². The highest BCUT2D eigenvalue weighted by Gasteiger charge is 2.14. The van der Waals surface area contributed by atoms with E-state index in [1.807, 2.05) is 0 Å². The van der Waals surface area contributed by atoms with Crippen molar-refractivity contribution in [3.8, 4) is 6.07 Å². The molecule has 1 aromatic heterocycles. The number of carbonyl (C=O) groups is 1. The molecule has 0 aliphatic rings.